The molecule has 0 spiro atoms. The fourth-order valence-electron chi connectivity index (χ4n) is 2.05. The molecule has 0 fully saturated rings. The number of hydrogen-bond donors (Lipinski definition) is 1. The molecule has 0 bridgehead atoms. The fraction of sp³-hybridized carbons (Fsp3) is 0.0769. The highest BCUT2D eigenvalue weighted by atomic mass is 16.1. The number of hydrogen-bond acceptors (Lipinski definition) is 2. The average molecular weight is 210 g/mol. The lowest BCUT2D eigenvalue weighted by molar-refractivity contribution is 0.101. The summed E-state index contributed by atoms with van der Waals surface area (Å²) in [6.45, 7) is 1.54. The number of fused-ring (bicyclic) bond motifs is 3. The van der Waals surface area contributed by atoms with Crippen molar-refractivity contribution in [2.24, 2.45) is 0 Å². The quantitative estimate of drug-likeness (QED) is 0.627. The van der Waals surface area contributed by atoms with Gasteiger partial charge in [-0.15, -0.1) is 0 Å². The molecule has 0 unspecified atom stereocenters. The summed E-state index contributed by atoms with van der Waals surface area (Å²) < 4.78 is 0. The van der Waals surface area contributed by atoms with Gasteiger partial charge in [0, 0.05) is 12.3 Å². The van der Waals surface area contributed by atoms with Crippen LogP contribution in [0.1, 0.15) is 17.4 Å². The molecule has 0 atom stereocenters. The number of nitrogens with zero attached hydrogens (tertiary/aromatic N) is 1. The Bertz CT molecular complexity index is 697. The number of nitrogens with one attached hydrogen (secondary N) is 1. The molecule has 1 aromatic heterocycles. The Labute approximate surface area is 92.1 Å². The summed E-state index contributed by atoms with van der Waals surface area (Å²) >= 11 is 0. The van der Waals surface area contributed by atoms with Crippen LogP contribution in [0, 0.1) is 0 Å². The van der Waals surface area contributed by atoms with Crippen molar-refractivity contribution >= 4 is 27.5 Å². The van der Waals surface area contributed by atoms with Crippen LogP contribution in [0.15, 0.2) is 36.4 Å². The molecule has 1 N–H and O–H groups in total. The molecular weight excluding hydrogens is 200 g/mol. The van der Waals surface area contributed by atoms with Crippen LogP contribution in [0.3, 0.4) is 0 Å². The van der Waals surface area contributed by atoms with Gasteiger partial charge in [0.25, 0.3) is 0 Å². The highest BCUT2D eigenvalue weighted by Gasteiger charge is 2.12. The van der Waals surface area contributed by atoms with E-state index in [-0.39, 0.29) is 5.78 Å². The Hall–Kier alpha value is -2.16. The van der Waals surface area contributed by atoms with Gasteiger partial charge < -0.3 is 0 Å². The number of H-pyrrole nitrogens is 1. The lowest BCUT2D eigenvalue weighted by Crippen LogP contribution is -1.92. The van der Waals surface area contributed by atoms with Crippen LogP contribution in [0.2, 0.25) is 0 Å². The number of ketones is 1. The molecule has 0 amide bonds. The monoisotopic (exact) mass is 210 g/mol. The molecule has 16 heavy (non-hydrogen) atoms. The first-order valence-corrected chi connectivity index (χ1v) is 5.14. The second-order valence-electron chi connectivity index (χ2n) is 3.84. The van der Waals surface area contributed by atoms with Crippen molar-refractivity contribution < 1.29 is 4.79 Å². The van der Waals surface area contributed by atoms with Gasteiger partial charge in [0.2, 0.25) is 0 Å². The van der Waals surface area contributed by atoms with Crippen molar-refractivity contribution in [1.82, 2.24) is 10.2 Å². The zero-order chi connectivity index (χ0) is 11.1. The Balaban J connectivity index is 2.56. The van der Waals surface area contributed by atoms with Crippen molar-refractivity contribution in [2.75, 3.05) is 0 Å². The first-order chi connectivity index (χ1) is 7.77. The third-order valence-corrected chi connectivity index (χ3v) is 2.79. The number of aromatic nitrogens is 2. The van der Waals surface area contributed by atoms with Gasteiger partial charge in [0.1, 0.15) is 5.69 Å². The van der Waals surface area contributed by atoms with Crippen molar-refractivity contribution in [2.45, 2.75) is 6.92 Å². The van der Waals surface area contributed by atoms with Gasteiger partial charge >= 0.3 is 0 Å². The Morgan fingerprint density at radius 3 is 2.81 bits per heavy atom. The minimum Gasteiger partial charge on any atom is -0.293 e. The average Bonchev–Trinajstić information content (AvgIpc) is 2.73. The molecule has 1 heterocycles. The van der Waals surface area contributed by atoms with Gasteiger partial charge in [-0.05, 0) is 16.8 Å². The van der Waals surface area contributed by atoms with Crippen molar-refractivity contribution in [3.8, 4) is 0 Å². The maximum atomic E-state index is 11.5. The molecule has 3 nitrogen and oxygen atoms in total. The highest BCUT2D eigenvalue weighted by Crippen LogP contribution is 2.26. The van der Waals surface area contributed by atoms with E-state index < -0.39 is 0 Å². The lowest BCUT2D eigenvalue weighted by atomic mass is 10.0. The summed E-state index contributed by atoms with van der Waals surface area (Å²) in [5.41, 5.74) is 1.43. The van der Waals surface area contributed by atoms with Crippen LogP contribution in [0.25, 0.3) is 21.7 Å². The van der Waals surface area contributed by atoms with Gasteiger partial charge in [-0.2, -0.15) is 5.10 Å². The molecule has 0 aliphatic rings. The summed E-state index contributed by atoms with van der Waals surface area (Å²) in [5, 5.41) is 10.1. The summed E-state index contributed by atoms with van der Waals surface area (Å²) in [4.78, 5) is 11.5. The summed E-state index contributed by atoms with van der Waals surface area (Å²) in [6.07, 6.45) is 0. The number of Topliss-reactive ketones (excluding diaryl/α,β-unsaturated/α-hetero) is 1. The smallest absolute Gasteiger partial charge is 0.180 e. The third-order valence-electron chi connectivity index (χ3n) is 2.79. The zero-order valence-electron chi connectivity index (χ0n) is 8.82. The van der Waals surface area contributed by atoms with Crippen LogP contribution in [-0.2, 0) is 0 Å². The maximum absolute atomic E-state index is 11.5. The first-order valence-electron chi connectivity index (χ1n) is 5.14. The van der Waals surface area contributed by atoms with E-state index in [1.807, 2.05) is 36.4 Å². The standard InChI is InChI=1S/C13H10N2O/c1-8(16)13-12-10-5-3-2-4-9(10)6-7-11(12)14-15-13/h2-7H,1H3,(H,14,15). The van der Waals surface area contributed by atoms with E-state index in [0.29, 0.717) is 5.69 Å². The predicted molar refractivity (Wildman–Crippen MR) is 63.6 cm³/mol. The number of aromatic amines is 1. The minimum absolute atomic E-state index is 0.0115. The van der Waals surface area contributed by atoms with Crippen LogP contribution >= 0.6 is 0 Å². The number of rotatable bonds is 1. The molecule has 0 aliphatic carbocycles. The molecule has 0 saturated heterocycles. The predicted octanol–water partition coefficient (Wildman–Crippen LogP) is 2.92. The number of benzene rings is 2. The van der Waals surface area contributed by atoms with E-state index in [9.17, 15) is 4.79 Å². The molecule has 3 rings (SSSR count). The largest absolute Gasteiger partial charge is 0.293 e. The van der Waals surface area contributed by atoms with E-state index in [1.165, 1.54) is 6.92 Å². The molecule has 3 heteroatoms. The Kier molecular flexibility index (Phi) is 1.80. The van der Waals surface area contributed by atoms with Crippen molar-refractivity contribution in [1.29, 1.82) is 0 Å². The molecule has 2 aromatic carbocycles. The van der Waals surface area contributed by atoms with Gasteiger partial charge in [0.05, 0.1) is 5.52 Å². The second-order valence-corrected chi connectivity index (χ2v) is 3.84. The van der Waals surface area contributed by atoms with E-state index in [1.54, 1.807) is 0 Å². The minimum atomic E-state index is -0.0115. The number of carbonyl (C=O) groups is 1. The first kappa shape index (κ1) is 9.09. The maximum Gasteiger partial charge on any atom is 0.180 e. The van der Waals surface area contributed by atoms with Crippen molar-refractivity contribution in [3.63, 3.8) is 0 Å². The topological polar surface area (TPSA) is 45.8 Å². The fourth-order valence-corrected chi connectivity index (χ4v) is 2.05. The Morgan fingerprint density at radius 1 is 1.19 bits per heavy atom. The highest BCUT2D eigenvalue weighted by molar-refractivity contribution is 6.15. The Morgan fingerprint density at radius 2 is 2.00 bits per heavy atom. The second kappa shape index (κ2) is 3.17. The molecule has 0 saturated carbocycles. The SMILES string of the molecule is CC(=O)c1n[nH]c2ccc3ccccc3c12. The normalized spacial score (nSPS) is 11.1. The van der Waals surface area contributed by atoms with Gasteiger partial charge in [0.15, 0.2) is 5.78 Å². The molecular formula is C13H10N2O. The molecule has 0 radical (unpaired) electrons. The summed E-state index contributed by atoms with van der Waals surface area (Å²) in [7, 11) is 0. The molecule has 3 aromatic rings. The van der Waals surface area contributed by atoms with Gasteiger partial charge in [-0.3, -0.25) is 9.89 Å². The number of carbonyl (C=O) groups excluding carboxylic acids is 1. The van der Waals surface area contributed by atoms with Crippen LogP contribution in [0.4, 0.5) is 0 Å². The molecule has 0 aliphatic heterocycles. The van der Waals surface area contributed by atoms with Gasteiger partial charge in [-0.25, -0.2) is 0 Å². The summed E-state index contributed by atoms with van der Waals surface area (Å²) in [6, 6.07) is 12.0. The van der Waals surface area contributed by atoms with E-state index in [4.69, 9.17) is 0 Å². The third kappa shape index (κ3) is 1.15. The zero-order valence-corrected chi connectivity index (χ0v) is 8.82. The van der Waals surface area contributed by atoms with E-state index in [2.05, 4.69) is 10.2 Å². The van der Waals surface area contributed by atoms with E-state index >= 15 is 0 Å². The lowest BCUT2D eigenvalue weighted by Gasteiger charge is -1.99. The van der Waals surface area contributed by atoms with Crippen LogP contribution in [-0.4, -0.2) is 16.0 Å². The van der Waals surface area contributed by atoms with Crippen LogP contribution in [0.5, 0.6) is 0 Å². The summed E-state index contributed by atoms with van der Waals surface area (Å²) in [5.74, 6) is -0.0115. The van der Waals surface area contributed by atoms with E-state index in [0.717, 1.165) is 21.7 Å². The molecule has 78 valence electrons. The van der Waals surface area contributed by atoms with Gasteiger partial charge in [-0.1, -0.05) is 30.3 Å². The van der Waals surface area contributed by atoms with Crippen molar-refractivity contribution in [3.05, 3.63) is 42.1 Å². The van der Waals surface area contributed by atoms with Crippen LogP contribution < -0.4 is 0 Å².